The van der Waals surface area contributed by atoms with Gasteiger partial charge in [0.25, 0.3) is 0 Å². The molecular weight excluding hydrogens is 673 g/mol. The predicted octanol–water partition coefficient (Wildman–Crippen LogP) is 7.98. The van der Waals surface area contributed by atoms with Crippen molar-refractivity contribution in [2.45, 2.75) is 52.1 Å². The number of aromatic nitrogens is 5. The van der Waals surface area contributed by atoms with Gasteiger partial charge in [-0.25, -0.2) is 18.4 Å². The van der Waals surface area contributed by atoms with Crippen molar-refractivity contribution in [2.75, 3.05) is 17.7 Å². The maximum absolute atomic E-state index is 15.4. The highest BCUT2D eigenvalue weighted by Crippen LogP contribution is 2.39. The number of aromatic amines is 1. The smallest absolute Gasteiger partial charge is 0.419 e. The van der Waals surface area contributed by atoms with E-state index < -0.39 is 40.3 Å². The molecule has 0 radical (unpaired) electrons. The van der Waals surface area contributed by atoms with Crippen molar-refractivity contribution in [3.8, 4) is 28.1 Å². The van der Waals surface area contributed by atoms with Gasteiger partial charge in [0.05, 0.1) is 47.1 Å². The molecule has 0 unspecified atom stereocenters. The lowest BCUT2D eigenvalue weighted by atomic mass is 9.83. The fraction of sp³-hybridized carbons (Fsp3) is 0.278. The van der Waals surface area contributed by atoms with Gasteiger partial charge in [-0.15, -0.1) is 0 Å². The number of ether oxygens (including phenoxy) is 1. The Kier molecular flexibility index (Phi) is 9.08. The number of imidazole rings is 1. The zero-order chi connectivity index (χ0) is 36.8. The Bertz CT molecular complexity index is 2160. The Morgan fingerprint density at radius 2 is 1.94 bits per heavy atom. The fourth-order valence-corrected chi connectivity index (χ4v) is 6.15. The molecule has 2 aromatic carbocycles. The average Bonchev–Trinajstić information content (AvgIpc) is 3.72. The van der Waals surface area contributed by atoms with E-state index in [9.17, 15) is 27.6 Å². The van der Waals surface area contributed by atoms with E-state index in [4.69, 9.17) is 9.72 Å². The number of pyridine rings is 1. The molecule has 2 bridgehead atoms. The van der Waals surface area contributed by atoms with Gasteiger partial charge in [-0.3, -0.25) is 4.79 Å². The normalized spacial score (nSPS) is 16.0. The lowest BCUT2D eigenvalue weighted by Gasteiger charge is -2.26. The molecule has 1 amide bonds. The lowest BCUT2D eigenvalue weighted by Crippen LogP contribution is -2.34. The number of amides is 1. The average molecular weight is 708 g/mol. The molecule has 10 nitrogen and oxygen atoms in total. The molecule has 0 fully saturated rings. The zero-order valence-electron chi connectivity index (χ0n) is 28.1. The van der Waals surface area contributed by atoms with Crippen molar-refractivity contribution < 1.29 is 36.2 Å². The molecule has 1 atom stereocenters. The number of nitrogens with zero attached hydrogens (tertiary/aromatic N) is 4. The SMILES string of the molecule is C=C(Nc1ccc2c(c1)NC(=O)C(C)(C)CCC[C@H](c1ccc(-c3c(-n4cc(C(F)(F)F)cn4)ccc(F)c3F)c[n+]1[O-])c1nc-2c(C)[nH]1)OC. The number of H-pyrrole nitrogens is 1. The van der Waals surface area contributed by atoms with E-state index >= 15 is 4.39 Å². The number of carbonyl (C=O) groups is 1. The maximum Gasteiger partial charge on any atom is 0.419 e. The van der Waals surface area contributed by atoms with Crippen LogP contribution in [0, 0.1) is 29.2 Å². The van der Waals surface area contributed by atoms with Crippen LogP contribution in [0.25, 0.3) is 28.1 Å². The Labute approximate surface area is 289 Å². The van der Waals surface area contributed by atoms with Gasteiger partial charge in [0.2, 0.25) is 11.6 Å². The molecule has 0 aliphatic carbocycles. The van der Waals surface area contributed by atoms with E-state index in [0.29, 0.717) is 76.4 Å². The predicted molar refractivity (Wildman–Crippen MR) is 180 cm³/mol. The number of nitrogens with one attached hydrogen (secondary N) is 3. The van der Waals surface area contributed by atoms with E-state index in [2.05, 4.69) is 27.3 Å². The first-order valence-electron chi connectivity index (χ1n) is 15.9. The molecule has 15 heteroatoms. The van der Waals surface area contributed by atoms with E-state index in [1.165, 1.54) is 19.2 Å². The monoisotopic (exact) mass is 707 g/mol. The molecule has 5 aromatic rings. The molecule has 0 saturated carbocycles. The van der Waals surface area contributed by atoms with Crippen LogP contribution in [-0.4, -0.2) is 32.8 Å². The Morgan fingerprint density at radius 1 is 1.18 bits per heavy atom. The molecule has 0 spiro atoms. The van der Waals surface area contributed by atoms with Crippen molar-refractivity contribution in [2.24, 2.45) is 5.41 Å². The summed E-state index contributed by atoms with van der Waals surface area (Å²) in [7, 11) is 1.48. The van der Waals surface area contributed by atoms with Crippen LogP contribution in [-0.2, 0) is 15.7 Å². The highest BCUT2D eigenvalue weighted by Gasteiger charge is 2.35. The van der Waals surface area contributed by atoms with Gasteiger partial charge in [0.1, 0.15) is 11.7 Å². The summed E-state index contributed by atoms with van der Waals surface area (Å²) in [5.41, 5.74) is 0.575. The second kappa shape index (κ2) is 13.2. The van der Waals surface area contributed by atoms with Crippen molar-refractivity contribution in [1.29, 1.82) is 0 Å². The molecule has 0 saturated heterocycles. The van der Waals surface area contributed by atoms with Gasteiger partial charge in [0, 0.05) is 34.6 Å². The lowest BCUT2D eigenvalue weighted by molar-refractivity contribution is -0.614. The number of benzene rings is 2. The Balaban J connectivity index is 1.44. The summed E-state index contributed by atoms with van der Waals surface area (Å²) < 4.78 is 76.3. The van der Waals surface area contributed by atoms with Crippen LogP contribution in [0.1, 0.15) is 61.8 Å². The third-order valence-electron chi connectivity index (χ3n) is 9.02. The van der Waals surface area contributed by atoms with Gasteiger partial charge in [-0.05, 0) is 62.7 Å². The number of halogens is 5. The van der Waals surface area contributed by atoms with E-state index in [1.54, 1.807) is 18.2 Å². The number of methoxy groups -OCH3 is 1. The number of hydrogen-bond donors (Lipinski definition) is 3. The molecule has 1 aliphatic rings. The minimum atomic E-state index is -4.71. The summed E-state index contributed by atoms with van der Waals surface area (Å²) in [6.07, 6.45) is -1.08. The van der Waals surface area contributed by atoms with Gasteiger partial charge >= 0.3 is 6.18 Å². The number of aryl methyl sites for hydroxylation is 1. The van der Waals surface area contributed by atoms with Crippen molar-refractivity contribution in [3.05, 3.63) is 113 Å². The summed E-state index contributed by atoms with van der Waals surface area (Å²) in [6.45, 7) is 9.27. The number of alkyl halides is 3. The highest BCUT2D eigenvalue weighted by molar-refractivity contribution is 5.99. The second-order valence-corrected chi connectivity index (χ2v) is 13.0. The summed E-state index contributed by atoms with van der Waals surface area (Å²) in [6, 6.07) is 10.1. The molecule has 3 N–H and O–H groups in total. The topological polar surface area (TPSA) is 124 Å². The Hall–Kier alpha value is -5.73. The summed E-state index contributed by atoms with van der Waals surface area (Å²) in [4.78, 5) is 21.8. The van der Waals surface area contributed by atoms with E-state index in [1.807, 2.05) is 20.8 Å². The van der Waals surface area contributed by atoms with Gasteiger partial charge in [0.15, 0.2) is 23.7 Å². The first kappa shape index (κ1) is 35.1. The van der Waals surface area contributed by atoms with E-state index in [-0.39, 0.29) is 22.9 Å². The van der Waals surface area contributed by atoms with Crippen LogP contribution in [0.4, 0.5) is 33.3 Å². The van der Waals surface area contributed by atoms with Crippen molar-refractivity contribution in [1.82, 2.24) is 19.7 Å². The number of hydrogen-bond acceptors (Lipinski definition) is 6. The number of carbonyl (C=O) groups excluding carboxylic acids is 1. The van der Waals surface area contributed by atoms with Crippen LogP contribution >= 0.6 is 0 Å². The first-order valence-corrected chi connectivity index (χ1v) is 15.9. The highest BCUT2D eigenvalue weighted by atomic mass is 19.4. The molecule has 4 heterocycles. The molecule has 6 rings (SSSR count). The minimum Gasteiger partial charge on any atom is -0.618 e. The molecule has 51 heavy (non-hydrogen) atoms. The summed E-state index contributed by atoms with van der Waals surface area (Å²) in [5.74, 6) is -2.66. The summed E-state index contributed by atoms with van der Waals surface area (Å²) >= 11 is 0. The first-order chi connectivity index (χ1) is 24.1. The standard InChI is InChI=1S/C36H34F5N7O3/c1-19-32-24-10-9-23(44-20(2)51-5)15-27(24)45-34(49)35(3,4)14-6-7-25(33(43-19)46-32)28-12-8-21(17-48(28)50)30-29(13-11-26(37)31(30)38)47-18-22(16-42-47)36(39,40)41/h8-13,15-18,25,44H,2,6-7,14H2,1,3-5H3,(H,43,46)(H,45,49)/t25-/m1/s1. The van der Waals surface area contributed by atoms with Crippen LogP contribution in [0.5, 0.6) is 0 Å². The van der Waals surface area contributed by atoms with Gasteiger partial charge < -0.3 is 25.6 Å². The van der Waals surface area contributed by atoms with E-state index in [0.717, 1.165) is 23.0 Å². The number of rotatable bonds is 6. The van der Waals surface area contributed by atoms with Crippen LogP contribution < -0.4 is 15.4 Å². The molecule has 1 aliphatic heterocycles. The maximum atomic E-state index is 15.4. The Morgan fingerprint density at radius 3 is 2.63 bits per heavy atom. The minimum absolute atomic E-state index is 0.0819. The van der Waals surface area contributed by atoms with Gasteiger partial charge in [-0.1, -0.05) is 20.3 Å². The quantitative estimate of drug-likeness (QED) is 0.0712. The third kappa shape index (κ3) is 6.87. The fourth-order valence-electron chi connectivity index (χ4n) is 6.15. The van der Waals surface area contributed by atoms with Crippen LogP contribution in [0.3, 0.4) is 0 Å². The molecular formula is C36H34F5N7O3. The number of anilines is 2. The van der Waals surface area contributed by atoms with Gasteiger partial charge in [-0.2, -0.15) is 23.0 Å². The summed E-state index contributed by atoms with van der Waals surface area (Å²) in [5, 5.41) is 23.6. The zero-order valence-corrected chi connectivity index (χ0v) is 28.1. The number of fused-ring (bicyclic) bond motifs is 4. The van der Waals surface area contributed by atoms with Crippen molar-refractivity contribution >= 4 is 17.3 Å². The van der Waals surface area contributed by atoms with Crippen LogP contribution in [0.15, 0.2) is 73.5 Å². The third-order valence-corrected chi connectivity index (χ3v) is 9.02. The largest absolute Gasteiger partial charge is 0.618 e. The van der Waals surface area contributed by atoms with Crippen molar-refractivity contribution in [3.63, 3.8) is 0 Å². The molecule has 3 aromatic heterocycles. The van der Waals surface area contributed by atoms with Crippen LogP contribution in [0.2, 0.25) is 0 Å². The molecule has 266 valence electrons. The second-order valence-electron chi connectivity index (χ2n) is 13.0.